The molecule has 0 aliphatic carbocycles. The van der Waals surface area contributed by atoms with Gasteiger partial charge in [-0.1, -0.05) is 36.4 Å². The first-order valence-corrected chi connectivity index (χ1v) is 9.72. The molecule has 4 aromatic rings. The number of fused-ring (bicyclic) bond motifs is 1. The van der Waals surface area contributed by atoms with Crippen molar-refractivity contribution in [2.24, 2.45) is 0 Å². The Hall–Kier alpha value is -3.03. The molecular formula is C21H20N4O2S. The van der Waals surface area contributed by atoms with Crippen LogP contribution in [0.15, 0.2) is 54.0 Å². The van der Waals surface area contributed by atoms with E-state index in [1.54, 1.807) is 31.8 Å². The van der Waals surface area contributed by atoms with Gasteiger partial charge in [0.25, 0.3) is 0 Å². The molecule has 0 radical (unpaired) electrons. The van der Waals surface area contributed by atoms with Crippen molar-refractivity contribution in [3.8, 4) is 17.0 Å². The number of thiophene rings is 1. The van der Waals surface area contributed by atoms with Gasteiger partial charge in [-0.15, -0.1) is 11.3 Å². The minimum absolute atomic E-state index is 0.361. The second-order valence-electron chi connectivity index (χ2n) is 6.14. The van der Waals surface area contributed by atoms with Gasteiger partial charge < -0.3 is 14.8 Å². The average molecular weight is 392 g/mol. The van der Waals surface area contributed by atoms with Crippen molar-refractivity contribution in [3.05, 3.63) is 65.4 Å². The molecule has 4 rings (SSSR count). The number of nitrogens with zero attached hydrogens (tertiary/aromatic N) is 3. The highest BCUT2D eigenvalue weighted by molar-refractivity contribution is 7.17. The molecule has 142 valence electrons. The molecule has 28 heavy (non-hydrogen) atoms. The van der Waals surface area contributed by atoms with Crippen LogP contribution in [0.5, 0.6) is 5.88 Å². The van der Waals surface area contributed by atoms with Crippen LogP contribution >= 0.6 is 11.3 Å². The molecule has 0 unspecified atom stereocenters. The Labute approximate surface area is 167 Å². The van der Waals surface area contributed by atoms with E-state index in [1.165, 1.54) is 0 Å². The van der Waals surface area contributed by atoms with Crippen molar-refractivity contribution < 1.29 is 9.47 Å². The van der Waals surface area contributed by atoms with E-state index in [2.05, 4.69) is 32.8 Å². The van der Waals surface area contributed by atoms with Crippen molar-refractivity contribution in [1.82, 2.24) is 15.0 Å². The van der Waals surface area contributed by atoms with Crippen LogP contribution in [0.1, 0.15) is 11.4 Å². The molecule has 1 aromatic carbocycles. The van der Waals surface area contributed by atoms with Crippen LogP contribution < -0.4 is 10.1 Å². The molecule has 0 atom stereocenters. The summed E-state index contributed by atoms with van der Waals surface area (Å²) in [6, 6.07) is 14.2. The molecule has 0 fully saturated rings. The maximum absolute atomic E-state index is 5.36. The number of methoxy groups -OCH3 is 2. The fourth-order valence-corrected chi connectivity index (χ4v) is 4.03. The number of nitrogens with one attached hydrogen (secondary N) is 1. The molecule has 3 heterocycles. The van der Waals surface area contributed by atoms with E-state index < -0.39 is 0 Å². The molecule has 6 nitrogen and oxygen atoms in total. The smallest absolute Gasteiger partial charge is 0.218 e. The van der Waals surface area contributed by atoms with Crippen LogP contribution in [0.3, 0.4) is 0 Å². The molecule has 0 saturated carbocycles. The minimum atomic E-state index is 0.361. The summed E-state index contributed by atoms with van der Waals surface area (Å²) in [5, 5.41) is 6.59. The highest BCUT2D eigenvalue weighted by atomic mass is 32.1. The van der Waals surface area contributed by atoms with Gasteiger partial charge in [-0.25, -0.2) is 15.0 Å². The van der Waals surface area contributed by atoms with Gasteiger partial charge in [-0.2, -0.15) is 0 Å². The summed E-state index contributed by atoms with van der Waals surface area (Å²) in [6.45, 7) is 0.902. The number of pyridine rings is 1. The summed E-state index contributed by atoms with van der Waals surface area (Å²) in [6.07, 6.45) is 1.72. The van der Waals surface area contributed by atoms with Crippen LogP contribution in [-0.2, 0) is 17.9 Å². The summed E-state index contributed by atoms with van der Waals surface area (Å²) >= 11 is 1.61. The monoisotopic (exact) mass is 392 g/mol. The van der Waals surface area contributed by atoms with Crippen molar-refractivity contribution >= 4 is 27.4 Å². The molecule has 7 heteroatoms. The Morgan fingerprint density at radius 3 is 2.68 bits per heavy atom. The first-order chi connectivity index (χ1) is 13.8. The summed E-state index contributed by atoms with van der Waals surface area (Å²) in [4.78, 5) is 14.6. The molecule has 0 aliphatic heterocycles. The normalized spacial score (nSPS) is 10.9. The molecule has 0 amide bonds. The van der Waals surface area contributed by atoms with Gasteiger partial charge in [0.15, 0.2) is 5.82 Å². The van der Waals surface area contributed by atoms with Crippen molar-refractivity contribution in [2.45, 2.75) is 13.2 Å². The van der Waals surface area contributed by atoms with Gasteiger partial charge in [-0.05, 0) is 11.6 Å². The summed E-state index contributed by atoms with van der Waals surface area (Å²) < 4.78 is 10.6. The largest absolute Gasteiger partial charge is 0.481 e. The second-order valence-corrected chi connectivity index (χ2v) is 7.00. The number of hydrogen-bond acceptors (Lipinski definition) is 7. The Morgan fingerprint density at radius 1 is 1.04 bits per heavy atom. The van der Waals surface area contributed by atoms with Gasteiger partial charge in [0.2, 0.25) is 5.88 Å². The molecule has 3 aromatic heterocycles. The zero-order valence-electron chi connectivity index (χ0n) is 15.7. The van der Waals surface area contributed by atoms with E-state index in [9.17, 15) is 0 Å². The van der Waals surface area contributed by atoms with Gasteiger partial charge >= 0.3 is 0 Å². The van der Waals surface area contributed by atoms with E-state index in [0.29, 0.717) is 24.9 Å². The lowest BCUT2D eigenvalue weighted by molar-refractivity contribution is 0.178. The molecule has 0 spiro atoms. The Kier molecular flexibility index (Phi) is 5.45. The third kappa shape index (κ3) is 3.67. The first-order valence-electron chi connectivity index (χ1n) is 8.84. The third-order valence-corrected chi connectivity index (χ3v) is 5.20. The Bertz CT molecular complexity index is 1080. The van der Waals surface area contributed by atoms with Gasteiger partial charge in [-0.3, -0.25) is 0 Å². The van der Waals surface area contributed by atoms with Crippen LogP contribution in [0, 0.1) is 0 Å². The van der Waals surface area contributed by atoms with Crippen molar-refractivity contribution in [2.75, 3.05) is 19.5 Å². The van der Waals surface area contributed by atoms with Gasteiger partial charge in [0, 0.05) is 36.4 Å². The summed E-state index contributed by atoms with van der Waals surface area (Å²) in [7, 11) is 3.27. The van der Waals surface area contributed by atoms with E-state index in [-0.39, 0.29) is 0 Å². The van der Waals surface area contributed by atoms with E-state index in [0.717, 1.165) is 32.7 Å². The lowest BCUT2D eigenvalue weighted by Gasteiger charge is -2.12. The fourth-order valence-electron chi connectivity index (χ4n) is 3.06. The van der Waals surface area contributed by atoms with Gasteiger partial charge in [0.1, 0.15) is 17.3 Å². The number of anilines is 1. The predicted octanol–water partition coefficient (Wildman–Crippen LogP) is 4.52. The van der Waals surface area contributed by atoms with Crippen LogP contribution in [-0.4, -0.2) is 29.2 Å². The summed E-state index contributed by atoms with van der Waals surface area (Å²) in [5.74, 6) is 2.03. The standard InChI is InChI=1S/C21H20N4O2S/c1-26-12-17-24-19(23-11-15-9-6-10-22-20(15)27-2)18-16(13-28-21(18)25-17)14-7-4-3-5-8-14/h3-10,13H,11-12H2,1-2H3,(H,23,24,25). The van der Waals surface area contributed by atoms with Crippen LogP contribution in [0.4, 0.5) is 5.82 Å². The zero-order chi connectivity index (χ0) is 19.3. The predicted molar refractivity (Wildman–Crippen MR) is 112 cm³/mol. The van der Waals surface area contributed by atoms with E-state index in [4.69, 9.17) is 14.5 Å². The molecule has 1 N–H and O–H groups in total. The number of rotatable bonds is 7. The lowest BCUT2D eigenvalue weighted by atomic mass is 10.1. The average Bonchev–Trinajstić information content (AvgIpc) is 3.17. The Morgan fingerprint density at radius 2 is 1.89 bits per heavy atom. The lowest BCUT2D eigenvalue weighted by Crippen LogP contribution is -2.07. The zero-order valence-corrected chi connectivity index (χ0v) is 16.5. The molecule has 0 aliphatic rings. The minimum Gasteiger partial charge on any atom is -0.481 e. The van der Waals surface area contributed by atoms with Crippen molar-refractivity contribution in [1.29, 1.82) is 0 Å². The topological polar surface area (TPSA) is 69.2 Å². The van der Waals surface area contributed by atoms with Crippen LogP contribution in [0.25, 0.3) is 21.3 Å². The second kappa shape index (κ2) is 8.33. The number of aromatic nitrogens is 3. The van der Waals surface area contributed by atoms with Gasteiger partial charge in [0.05, 0.1) is 12.5 Å². The number of ether oxygens (including phenoxy) is 2. The van der Waals surface area contributed by atoms with E-state index in [1.807, 2.05) is 30.3 Å². The fraction of sp³-hybridized carbons (Fsp3) is 0.190. The highest BCUT2D eigenvalue weighted by Crippen LogP contribution is 2.37. The Balaban J connectivity index is 1.77. The first kappa shape index (κ1) is 18.3. The quantitative estimate of drug-likeness (QED) is 0.499. The maximum atomic E-state index is 5.36. The van der Waals surface area contributed by atoms with Crippen LogP contribution in [0.2, 0.25) is 0 Å². The SMILES string of the molecule is COCc1nc(NCc2cccnc2OC)c2c(-c3ccccc3)csc2n1. The highest BCUT2D eigenvalue weighted by Gasteiger charge is 2.16. The maximum Gasteiger partial charge on any atom is 0.218 e. The summed E-state index contributed by atoms with van der Waals surface area (Å²) in [5.41, 5.74) is 3.21. The third-order valence-electron chi connectivity index (χ3n) is 4.33. The number of benzene rings is 1. The molecule has 0 saturated heterocycles. The van der Waals surface area contributed by atoms with Crippen molar-refractivity contribution in [3.63, 3.8) is 0 Å². The van der Waals surface area contributed by atoms with E-state index >= 15 is 0 Å². The number of hydrogen-bond donors (Lipinski definition) is 1. The molecular weight excluding hydrogens is 372 g/mol. The molecule has 0 bridgehead atoms.